The first-order valence-corrected chi connectivity index (χ1v) is 11.6. The van der Waals surface area contributed by atoms with Crippen LogP contribution >= 0.6 is 0 Å². The lowest BCUT2D eigenvalue weighted by Crippen LogP contribution is -2.19. The molecule has 1 heterocycles. The Kier molecular flexibility index (Phi) is 6.22. The number of hydrogen-bond acceptors (Lipinski definition) is 8. The molecule has 0 fully saturated rings. The molecule has 8 heteroatoms. The van der Waals surface area contributed by atoms with E-state index in [2.05, 4.69) is 0 Å². The zero-order chi connectivity index (χ0) is 27.0. The Bertz CT molecular complexity index is 1570. The first kappa shape index (κ1) is 24.5. The second kappa shape index (κ2) is 9.67. The predicted molar refractivity (Wildman–Crippen MR) is 138 cm³/mol. The molecular weight excluding hydrogens is 488 g/mol. The van der Waals surface area contributed by atoms with Crippen LogP contribution in [-0.2, 0) is 0 Å². The number of carbonyl (C=O) groups excluding carboxylic acids is 2. The highest BCUT2D eigenvalue weighted by Gasteiger charge is 2.44. The molecule has 0 saturated carbocycles. The normalized spacial score (nSPS) is 16.2. The van der Waals surface area contributed by atoms with E-state index in [9.17, 15) is 35.1 Å². The van der Waals surface area contributed by atoms with Crippen molar-refractivity contribution in [1.29, 1.82) is 0 Å². The van der Waals surface area contributed by atoms with E-state index in [1.807, 2.05) is 0 Å². The molecule has 0 aromatic heterocycles. The fourth-order valence-corrected chi connectivity index (χ4v) is 4.48. The zero-order valence-electron chi connectivity index (χ0n) is 19.8. The fourth-order valence-electron chi connectivity index (χ4n) is 4.48. The number of phenolic OH excluding ortho intramolecular Hbond substituents is 5. The van der Waals surface area contributed by atoms with Crippen molar-refractivity contribution in [1.82, 2.24) is 0 Å². The van der Waals surface area contributed by atoms with E-state index in [4.69, 9.17) is 4.74 Å². The van der Waals surface area contributed by atoms with Crippen molar-refractivity contribution in [3.05, 3.63) is 113 Å². The molecule has 0 bridgehead atoms. The second-order valence-corrected chi connectivity index (χ2v) is 8.84. The predicted octanol–water partition coefficient (Wildman–Crippen LogP) is 5.21. The molecule has 38 heavy (non-hydrogen) atoms. The number of hydrogen-bond donors (Lipinski definition) is 5. The summed E-state index contributed by atoms with van der Waals surface area (Å²) in [5, 5.41) is 50.4. The molecule has 0 radical (unpaired) electrons. The molecule has 0 unspecified atom stereocenters. The van der Waals surface area contributed by atoms with Gasteiger partial charge in [0, 0.05) is 6.07 Å². The fraction of sp³-hybridized carbons (Fsp3) is 0.0667. The van der Waals surface area contributed by atoms with Crippen LogP contribution in [0, 0.1) is 0 Å². The summed E-state index contributed by atoms with van der Waals surface area (Å²) in [6.45, 7) is 0. The van der Waals surface area contributed by atoms with Crippen LogP contribution in [0.3, 0.4) is 0 Å². The molecule has 5 N–H and O–H groups in total. The van der Waals surface area contributed by atoms with E-state index in [0.29, 0.717) is 11.1 Å². The Hall–Kier alpha value is -5.24. The highest BCUT2D eigenvalue weighted by atomic mass is 16.5. The third-order valence-corrected chi connectivity index (χ3v) is 6.38. The van der Waals surface area contributed by atoms with Crippen molar-refractivity contribution in [2.75, 3.05) is 0 Å². The smallest absolute Gasteiger partial charge is 0.189 e. The quantitative estimate of drug-likeness (QED) is 0.176. The third-order valence-electron chi connectivity index (χ3n) is 6.38. The summed E-state index contributed by atoms with van der Waals surface area (Å²) in [6, 6.07) is 18.7. The number of fused-ring (bicyclic) bond motifs is 1. The summed E-state index contributed by atoms with van der Waals surface area (Å²) >= 11 is 0. The van der Waals surface area contributed by atoms with E-state index in [1.165, 1.54) is 60.7 Å². The van der Waals surface area contributed by atoms with Crippen LogP contribution in [0.1, 0.15) is 49.4 Å². The van der Waals surface area contributed by atoms with Crippen LogP contribution in [0.5, 0.6) is 34.5 Å². The van der Waals surface area contributed by atoms with E-state index < -0.39 is 35.1 Å². The number of carbonyl (C=O) groups is 2. The zero-order valence-corrected chi connectivity index (χ0v) is 19.8. The molecule has 0 amide bonds. The maximum Gasteiger partial charge on any atom is 0.189 e. The van der Waals surface area contributed by atoms with Crippen LogP contribution in [0.4, 0.5) is 0 Å². The summed E-state index contributed by atoms with van der Waals surface area (Å²) in [4.78, 5) is 26.8. The highest BCUT2D eigenvalue weighted by molar-refractivity contribution is 6.10. The number of rotatable bonds is 6. The number of aromatic hydroxyl groups is 5. The lowest BCUT2D eigenvalue weighted by Gasteiger charge is -2.20. The molecule has 190 valence electrons. The molecule has 5 rings (SSSR count). The minimum Gasteiger partial charge on any atom is -0.508 e. The molecule has 1 aliphatic rings. The van der Waals surface area contributed by atoms with Crippen molar-refractivity contribution in [2.24, 2.45) is 0 Å². The molecular formula is C30H22O8. The lowest BCUT2D eigenvalue weighted by atomic mass is 9.83. The van der Waals surface area contributed by atoms with Crippen molar-refractivity contribution < 1.29 is 39.9 Å². The second-order valence-electron chi connectivity index (χ2n) is 8.84. The maximum absolute atomic E-state index is 13.8. The van der Waals surface area contributed by atoms with Crippen molar-refractivity contribution in [2.45, 2.75) is 12.0 Å². The van der Waals surface area contributed by atoms with Gasteiger partial charge in [0.2, 0.25) is 0 Å². The SMILES string of the molecule is O=C(C=Cc1ccc(O)cc1)c1ccc2c(c1O)[C@H](C(=O)c1ccc(O)cc1O)[C@@H](c1ccc(O)cc1)O2. The number of allylic oxidation sites excluding steroid dienone is 1. The van der Waals surface area contributed by atoms with Gasteiger partial charge in [0.1, 0.15) is 40.6 Å². The summed E-state index contributed by atoms with van der Waals surface area (Å²) in [5.74, 6) is -3.09. The van der Waals surface area contributed by atoms with E-state index in [1.54, 1.807) is 24.3 Å². The number of ether oxygens (including phenoxy) is 1. The minimum absolute atomic E-state index is 0.0134. The molecule has 8 nitrogen and oxygen atoms in total. The summed E-state index contributed by atoms with van der Waals surface area (Å²) in [6.07, 6.45) is 1.86. The van der Waals surface area contributed by atoms with Gasteiger partial charge in [-0.05, 0) is 65.7 Å². The third kappa shape index (κ3) is 4.51. The van der Waals surface area contributed by atoms with Gasteiger partial charge in [-0.2, -0.15) is 0 Å². The average molecular weight is 510 g/mol. The Morgan fingerprint density at radius 2 is 1.32 bits per heavy atom. The molecule has 2 atom stereocenters. The van der Waals surface area contributed by atoms with Crippen LogP contribution in [0.2, 0.25) is 0 Å². The Balaban J connectivity index is 1.58. The summed E-state index contributed by atoms with van der Waals surface area (Å²) in [5.41, 5.74) is 1.11. The maximum atomic E-state index is 13.8. The van der Waals surface area contributed by atoms with Gasteiger partial charge >= 0.3 is 0 Å². The van der Waals surface area contributed by atoms with Gasteiger partial charge in [-0.1, -0.05) is 30.3 Å². The monoisotopic (exact) mass is 510 g/mol. The molecule has 0 spiro atoms. The van der Waals surface area contributed by atoms with Crippen LogP contribution in [-0.4, -0.2) is 37.1 Å². The van der Waals surface area contributed by atoms with Gasteiger partial charge in [0.25, 0.3) is 0 Å². The van der Waals surface area contributed by atoms with E-state index in [-0.39, 0.29) is 39.7 Å². The van der Waals surface area contributed by atoms with Gasteiger partial charge in [-0.25, -0.2) is 0 Å². The molecule has 0 aliphatic carbocycles. The van der Waals surface area contributed by atoms with Crippen molar-refractivity contribution in [3.63, 3.8) is 0 Å². The van der Waals surface area contributed by atoms with E-state index in [0.717, 1.165) is 6.07 Å². The minimum atomic E-state index is -1.15. The lowest BCUT2D eigenvalue weighted by molar-refractivity contribution is 0.0890. The number of phenols is 5. The number of ketones is 2. The molecule has 0 saturated heterocycles. The summed E-state index contributed by atoms with van der Waals surface area (Å²) in [7, 11) is 0. The first-order chi connectivity index (χ1) is 18.2. The molecule has 4 aromatic carbocycles. The Morgan fingerprint density at radius 3 is 1.97 bits per heavy atom. The standard InChI is InChI=1S/C30H22O8/c31-18-6-1-16(2-7-18)3-13-23(34)21-12-14-25-26(28(21)36)27(29(37)22-11-10-20(33)15-24(22)35)30(38-25)17-4-8-19(32)9-5-17/h1-15,27,30-33,35-36H/t27-,30-/m1/s1. The Morgan fingerprint density at radius 1 is 0.711 bits per heavy atom. The van der Waals surface area contributed by atoms with Crippen LogP contribution in [0.15, 0.2) is 84.9 Å². The largest absolute Gasteiger partial charge is 0.508 e. The van der Waals surface area contributed by atoms with E-state index >= 15 is 0 Å². The molecule has 1 aliphatic heterocycles. The number of Topliss-reactive ketones (excluding diaryl/α,β-unsaturated/α-hetero) is 1. The van der Waals surface area contributed by atoms with Gasteiger partial charge < -0.3 is 30.3 Å². The Labute approximate surface area is 217 Å². The van der Waals surface area contributed by atoms with Crippen molar-refractivity contribution in [3.8, 4) is 34.5 Å². The van der Waals surface area contributed by atoms with Gasteiger partial charge in [0.05, 0.1) is 22.6 Å². The van der Waals surface area contributed by atoms with Gasteiger partial charge in [0.15, 0.2) is 11.6 Å². The first-order valence-electron chi connectivity index (χ1n) is 11.6. The van der Waals surface area contributed by atoms with Gasteiger partial charge in [-0.3, -0.25) is 9.59 Å². The van der Waals surface area contributed by atoms with Crippen LogP contribution in [0.25, 0.3) is 6.08 Å². The van der Waals surface area contributed by atoms with Crippen LogP contribution < -0.4 is 4.74 Å². The van der Waals surface area contributed by atoms with Gasteiger partial charge in [-0.15, -0.1) is 0 Å². The number of benzene rings is 4. The summed E-state index contributed by atoms with van der Waals surface area (Å²) < 4.78 is 6.06. The average Bonchev–Trinajstić information content (AvgIpc) is 3.29. The highest BCUT2D eigenvalue weighted by Crippen LogP contribution is 2.52. The topological polar surface area (TPSA) is 145 Å². The molecule has 4 aromatic rings. The van der Waals surface area contributed by atoms with Crippen molar-refractivity contribution >= 4 is 17.6 Å².